The molecule has 0 spiro atoms. The van der Waals surface area contributed by atoms with Crippen molar-refractivity contribution in [2.24, 2.45) is 5.92 Å². The second-order valence-electron chi connectivity index (χ2n) is 7.06. The number of aromatic nitrogens is 2. The highest BCUT2D eigenvalue weighted by Crippen LogP contribution is 2.40. The molecule has 6 heteroatoms. The molecule has 1 saturated heterocycles. The molecular formula is C17H28N4O2. The number of nitrogens with zero attached hydrogens (tertiary/aromatic N) is 3. The van der Waals surface area contributed by atoms with Crippen LogP contribution in [0.4, 0.5) is 5.82 Å². The molecule has 1 aromatic rings. The fourth-order valence-electron chi connectivity index (χ4n) is 3.64. The maximum Gasteiger partial charge on any atom is 0.239 e. The minimum absolute atomic E-state index is 0.0257. The molecule has 1 aromatic heterocycles. The van der Waals surface area contributed by atoms with Gasteiger partial charge in [-0.2, -0.15) is 5.10 Å². The molecule has 3 atom stereocenters. The van der Waals surface area contributed by atoms with Gasteiger partial charge < -0.3 is 10.4 Å². The number of aliphatic hydroxyl groups is 1. The second-order valence-corrected chi connectivity index (χ2v) is 7.06. The van der Waals surface area contributed by atoms with Crippen LogP contribution in [-0.4, -0.2) is 50.9 Å². The summed E-state index contributed by atoms with van der Waals surface area (Å²) in [5.41, 5.74) is 0. The normalized spacial score (nSPS) is 25.1. The zero-order chi connectivity index (χ0) is 16.4. The number of anilines is 1. The van der Waals surface area contributed by atoms with Crippen LogP contribution in [0.5, 0.6) is 0 Å². The monoisotopic (exact) mass is 320 g/mol. The van der Waals surface area contributed by atoms with Crippen LogP contribution in [0, 0.1) is 5.92 Å². The molecular weight excluding hydrogens is 292 g/mol. The highest BCUT2D eigenvalue weighted by molar-refractivity contribution is 5.91. The summed E-state index contributed by atoms with van der Waals surface area (Å²) < 4.78 is 1.93. The van der Waals surface area contributed by atoms with E-state index in [1.807, 2.05) is 17.7 Å². The summed E-state index contributed by atoms with van der Waals surface area (Å²) in [6.45, 7) is 5.18. The van der Waals surface area contributed by atoms with Crippen molar-refractivity contribution in [2.75, 3.05) is 18.4 Å². The van der Waals surface area contributed by atoms with E-state index in [4.69, 9.17) is 0 Å². The third kappa shape index (κ3) is 3.93. The number of aliphatic hydroxyl groups excluding tert-OH is 1. The Morgan fingerprint density at radius 2 is 2.17 bits per heavy atom. The molecule has 0 bridgehead atoms. The van der Waals surface area contributed by atoms with Crippen LogP contribution in [0.3, 0.4) is 0 Å². The predicted molar refractivity (Wildman–Crippen MR) is 89.2 cm³/mol. The zero-order valence-electron chi connectivity index (χ0n) is 14.1. The highest BCUT2D eigenvalue weighted by atomic mass is 16.3. The maximum absolute atomic E-state index is 12.4. The first-order chi connectivity index (χ1) is 11.1. The van der Waals surface area contributed by atoms with E-state index < -0.39 is 6.10 Å². The van der Waals surface area contributed by atoms with Crippen LogP contribution in [0.1, 0.15) is 52.0 Å². The average molecular weight is 320 g/mol. The van der Waals surface area contributed by atoms with Crippen molar-refractivity contribution in [3.63, 3.8) is 0 Å². The lowest BCUT2D eigenvalue weighted by molar-refractivity contribution is -0.119. The van der Waals surface area contributed by atoms with Gasteiger partial charge in [0.1, 0.15) is 5.82 Å². The molecule has 2 N–H and O–H groups in total. The molecule has 3 unspecified atom stereocenters. The molecule has 0 radical (unpaired) electrons. The number of carbonyl (C=O) groups is 1. The minimum atomic E-state index is -0.400. The smallest absolute Gasteiger partial charge is 0.239 e. The maximum atomic E-state index is 12.4. The van der Waals surface area contributed by atoms with Gasteiger partial charge in [0.05, 0.1) is 24.9 Å². The fourth-order valence-corrected chi connectivity index (χ4v) is 3.64. The van der Waals surface area contributed by atoms with Gasteiger partial charge in [0, 0.05) is 12.1 Å². The molecule has 3 rings (SSSR count). The van der Waals surface area contributed by atoms with Crippen molar-refractivity contribution in [1.29, 1.82) is 0 Å². The molecule has 6 nitrogen and oxygen atoms in total. The lowest BCUT2D eigenvalue weighted by atomic mass is 9.98. The van der Waals surface area contributed by atoms with E-state index in [0.29, 0.717) is 18.5 Å². The standard InChI is InChI=1S/C17H28N4O2/c1-12(14-6-7-14)21-16(8-9-18-21)19-17(23)11-20-10-4-3-5-15(20)13(2)22/h8-9,12-15,22H,3-7,10-11H2,1-2H3,(H,19,23). The lowest BCUT2D eigenvalue weighted by Crippen LogP contribution is -2.48. The third-order valence-electron chi connectivity index (χ3n) is 5.20. The number of likely N-dealkylation sites (tertiary alicyclic amines) is 1. The Balaban J connectivity index is 1.60. The predicted octanol–water partition coefficient (Wildman–Crippen LogP) is 2.03. The lowest BCUT2D eigenvalue weighted by Gasteiger charge is -2.36. The van der Waals surface area contributed by atoms with E-state index in [0.717, 1.165) is 31.6 Å². The van der Waals surface area contributed by atoms with Gasteiger partial charge in [0.2, 0.25) is 5.91 Å². The number of hydrogen-bond donors (Lipinski definition) is 2. The van der Waals surface area contributed by atoms with Gasteiger partial charge in [-0.15, -0.1) is 0 Å². The van der Waals surface area contributed by atoms with E-state index in [1.54, 1.807) is 6.20 Å². The Morgan fingerprint density at radius 3 is 2.87 bits per heavy atom. The Kier molecular flexibility index (Phi) is 5.02. The van der Waals surface area contributed by atoms with Gasteiger partial charge in [0.15, 0.2) is 0 Å². The summed E-state index contributed by atoms with van der Waals surface area (Å²) >= 11 is 0. The molecule has 0 aromatic carbocycles. The summed E-state index contributed by atoms with van der Waals surface area (Å²) in [7, 11) is 0. The SMILES string of the molecule is CC(O)C1CCCCN1CC(=O)Nc1ccnn1C(C)C1CC1. The van der Waals surface area contributed by atoms with Gasteiger partial charge >= 0.3 is 0 Å². The summed E-state index contributed by atoms with van der Waals surface area (Å²) in [6, 6.07) is 2.28. The molecule has 2 aliphatic rings. The number of carbonyl (C=O) groups excluding carboxylic acids is 1. The van der Waals surface area contributed by atoms with E-state index >= 15 is 0 Å². The number of rotatable bonds is 6. The summed E-state index contributed by atoms with van der Waals surface area (Å²) in [5, 5.41) is 17.3. The van der Waals surface area contributed by atoms with Crippen LogP contribution < -0.4 is 5.32 Å². The van der Waals surface area contributed by atoms with Crippen LogP contribution in [0.2, 0.25) is 0 Å². The van der Waals surface area contributed by atoms with Gasteiger partial charge in [-0.25, -0.2) is 4.68 Å². The van der Waals surface area contributed by atoms with E-state index in [-0.39, 0.29) is 11.9 Å². The average Bonchev–Trinajstić information content (AvgIpc) is 3.27. The first-order valence-electron chi connectivity index (χ1n) is 8.81. The molecule has 1 aliphatic heterocycles. The number of nitrogens with one attached hydrogen (secondary N) is 1. The quantitative estimate of drug-likeness (QED) is 0.841. The molecule has 1 saturated carbocycles. The number of amides is 1. The fraction of sp³-hybridized carbons (Fsp3) is 0.765. The van der Waals surface area contributed by atoms with Crippen LogP contribution >= 0.6 is 0 Å². The summed E-state index contributed by atoms with van der Waals surface area (Å²) in [6.07, 6.45) is 7.02. The zero-order valence-corrected chi connectivity index (χ0v) is 14.1. The van der Waals surface area contributed by atoms with Crippen molar-refractivity contribution in [3.05, 3.63) is 12.3 Å². The molecule has 2 heterocycles. The molecule has 128 valence electrons. The molecule has 1 aliphatic carbocycles. The first kappa shape index (κ1) is 16.5. The first-order valence-corrected chi connectivity index (χ1v) is 8.81. The van der Waals surface area contributed by atoms with E-state index in [2.05, 4.69) is 22.2 Å². The van der Waals surface area contributed by atoms with Crippen molar-refractivity contribution >= 4 is 11.7 Å². The van der Waals surface area contributed by atoms with Crippen molar-refractivity contribution in [2.45, 2.75) is 64.1 Å². The van der Waals surface area contributed by atoms with E-state index in [1.165, 1.54) is 12.8 Å². The van der Waals surface area contributed by atoms with Crippen molar-refractivity contribution < 1.29 is 9.90 Å². The Labute approximate surface area is 137 Å². The highest BCUT2D eigenvalue weighted by Gasteiger charge is 2.31. The van der Waals surface area contributed by atoms with Gasteiger partial charge in [-0.1, -0.05) is 6.42 Å². The van der Waals surface area contributed by atoms with Crippen LogP contribution in [0.15, 0.2) is 12.3 Å². The Bertz CT molecular complexity index is 538. The molecule has 2 fully saturated rings. The number of hydrogen-bond acceptors (Lipinski definition) is 4. The Morgan fingerprint density at radius 1 is 1.39 bits per heavy atom. The number of piperidine rings is 1. The summed E-state index contributed by atoms with van der Waals surface area (Å²) in [4.78, 5) is 14.5. The van der Waals surface area contributed by atoms with E-state index in [9.17, 15) is 9.90 Å². The largest absolute Gasteiger partial charge is 0.392 e. The van der Waals surface area contributed by atoms with Crippen molar-refractivity contribution in [3.8, 4) is 0 Å². The summed E-state index contributed by atoms with van der Waals surface area (Å²) in [5.74, 6) is 1.44. The third-order valence-corrected chi connectivity index (χ3v) is 5.20. The Hall–Kier alpha value is -1.40. The van der Waals surface area contributed by atoms with Gasteiger partial charge in [0.25, 0.3) is 0 Å². The molecule has 23 heavy (non-hydrogen) atoms. The van der Waals surface area contributed by atoms with Gasteiger partial charge in [-0.05, 0) is 52.0 Å². The second kappa shape index (κ2) is 7.01. The minimum Gasteiger partial charge on any atom is -0.392 e. The topological polar surface area (TPSA) is 70.4 Å². The van der Waals surface area contributed by atoms with Gasteiger partial charge in [-0.3, -0.25) is 9.69 Å². The van der Waals surface area contributed by atoms with Crippen molar-refractivity contribution in [1.82, 2.24) is 14.7 Å². The van der Waals surface area contributed by atoms with Crippen LogP contribution in [0.25, 0.3) is 0 Å². The molecule has 1 amide bonds. The van der Waals surface area contributed by atoms with Crippen LogP contribution in [-0.2, 0) is 4.79 Å².